The lowest BCUT2D eigenvalue weighted by atomic mass is 10.1. The van der Waals surface area contributed by atoms with Crippen molar-refractivity contribution in [3.8, 4) is 0 Å². The van der Waals surface area contributed by atoms with Gasteiger partial charge < -0.3 is 15.7 Å². The van der Waals surface area contributed by atoms with Gasteiger partial charge in [-0.2, -0.15) is 0 Å². The van der Waals surface area contributed by atoms with Crippen LogP contribution in [0, 0.1) is 5.92 Å². The molecule has 1 atom stereocenters. The van der Waals surface area contributed by atoms with E-state index in [4.69, 9.17) is 5.11 Å². The minimum Gasteiger partial charge on any atom is -0.481 e. The Hall–Kier alpha value is -2.18. The topological polar surface area (TPSA) is 104 Å². The Balaban J connectivity index is 2.44. The number of carbonyl (C=O) groups excluding carboxylic acids is 1. The first kappa shape index (κ1) is 13.9. The summed E-state index contributed by atoms with van der Waals surface area (Å²) in [6.45, 7) is 2.13. The van der Waals surface area contributed by atoms with Crippen LogP contribution in [0.2, 0.25) is 0 Å². The lowest BCUT2D eigenvalue weighted by molar-refractivity contribution is -0.141. The molecule has 0 saturated carbocycles. The lowest BCUT2D eigenvalue weighted by Crippen LogP contribution is -2.20. The van der Waals surface area contributed by atoms with Crippen LogP contribution in [-0.4, -0.2) is 40.8 Å². The smallest absolute Gasteiger partial charge is 0.306 e. The zero-order valence-corrected chi connectivity index (χ0v) is 10.3. The highest BCUT2D eigenvalue weighted by atomic mass is 16.4. The zero-order valence-electron chi connectivity index (χ0n) is 10.3. The first-order valence-corrected chi connectivity index (χ1v) is 5.57. The molecule has 0 aromatic carbocycles. The average Bonchev–Trinajstić information content (AvgIpc) is 2.38. The van der Waals surface area contributed by atoms with Crippen molar-refractivity contribution in [1.29, 1.82) is 0 Å². The largest absolute Gasteiger partial charge is 0.481 e. The Kier molecular flexibility index (Phi) is 5.04. The van der Waals surface area contributed by atoms with Gasteiger partial charge in [-0.25, -0.2) is 0 Å². The van der Waals surface area contributed by atoms with Crippen LogP contribution in [0.1, 0.15) is 23.8 Å². The summed E-state index contributed by atoms with van der Waals surface area (Å²) in [5, 5.41) is 21.7. The molecule has 98 valence electrons. The van der Waals surface area contributed by atoms with E-state index in [1.165, 1.54) is 7.05 Å². The van der Waals surface area contributed by atoms with Crippen molar-refractivity contribution in [3.63, 3.8) is 0 Å². The number of nitrogens with one attached hydrogen (secondary N) is 2. The minimum absolute atomic E-state index is 0.238. The molecule has 1 unspecified atom stereocenters. The zero-order chi connectivity index (χ0) is 13.5. The average molecular weight is 252 g/mol. The summed E-state index contributed by atoms with van der Waals surface area (Å²) in [7, 11) is 1.52. The molecular weight excluding hydrogens is 236 g/mol. The van der Waals surface area contributed by atoms with Crippen LogP contribution in [0.15, 0.2) is 12.1 Å². The fourth-order valence-electron chi connectivity index (χ4n) is 1.22. The van der Waals surface area contributed by atoms with E-state index >= 15 is 0 Å². The van der Waals surface area contributed by atoms with Crippen molar-refractivity contribution >= 4 is 17.7 Å². The van der Waals surface area contributed by atoms with Gasteiger partial charge in [0, 0.05) is 13.6 Å². The molecule has 0 aliphatic rings. The van der Waals surface area contributed by atoms with Crippen LogP contribution in [0.5, 0.6) is 0 Å². The molecule has 0 aliphatic heterocycles. The van der Waals surface area contributed by atoms with Gasteiger partial charge in [-0.3, -0.25) is 9.59 Å². The molecule has 1 rings (SSSR count). The summed E-state index contributed by atoms with van der Waals surface area (Å²) in [5.41, 5.74) is 0.238. The molecule has 1 heterocycles. The lowest BCUT2D eigenvalue weighted by Gasteiger charge is -2.07. The Bertz CT molecular complexity index is 419. The number of rotatable bonds is 6. The third kappa shape index (κ3) is 4.00. The van der Waals surface area contributed by atoms with E-state index in [1.807, 2.05) is 0 Å². The molecule has 7 nitrogen and oxygen atoms in total. The molecule has 1 amide bonds. The first-order chi connectivity index (χ1) is 8.54. The number of carboxylic acid groups (broad SMARTS) is 1. The van der Waals surface area contributed by atoms with Gasteiger partial charge in [0.15, 0.2) is 5.69 Å². The van der Waals surface area contributed by atoms with Gasteiger partial charge in [-0.15, -0.1) is 10.2 Å². The molecule has 3 N–H and O–H groups in total. The molecule has 18 heavy (non-hydrogen) atoms. The van der Waals surface area contributed by atoms with Gasteiger partial charge in [-0.05, 0) is 18.6 Å². The Morgan fingerprint density at radius 3 is 2.61 bits per heavy atom. The Labute approximate surface area is 105 Å². The molecule has 7 heteroatoms. The fraction of sp³-hybridized carbons (Fsp3) is 0.455. The number of hydrogen-bond acceptors (Lipinski definition) is 5. The van der Waals surface area contributed by atoms with Gasteiger partial charge in [0.05, 0.1) is 5.92 Å². The summed E-state index contributed by atoms with van der Waals surface area (Å²) >= 11 is 0. The predicted molar refractivity (Wildman–Crippen MR) is 65.3 cm³/mol. The summed E-state index contributed by atoms with van der Waals surface area (Å²) in [4.78, 5) is 21.8. The molecular formula is C11H16N4O3. The highest BCUT2D eigenvalue weighted by Crippen LogP contribution is 2.05. The molecule has 1 aromatic rings. The number of nitrogens with zero attached hydrogens (tertiary/aromatic N) is 2. The molecule has 0 aliphatic carbocycles. The predicted octanol–water partition coefficient (Wildman–Crippen LogP) is 0.359. The molecule has 0 radical (unpaired) electrons. The van der Waals surface area contributed by atoms with E-state index in [0.717, 1.165) is 0 Å². The van der Waals surface area contributed by atoms with E-state index in [0.29, 0.717) is 18.8 Å². The molecule has 0 fully saturated rings. The van der Waals surface area contributed by atoms with Crippen molar-refractivity contribution in [2.45, 2.75) is 13.3 Å². The molecule has 0 spiro atoms. The summed E-state index contributed by atoms with van der Waals surface area (Å²) < 4.78 is 0. The third-order valence-corrected chi connectivity index (χ3v) is 2.43. The SMILES string of the molecule is CNC(=O)c1ccc(NCCC(C)C(=O)O)nn1. The van der Waals surface area contributed by atoms with Crippen molar-refractivity contribution in [1.82, 2.24) is 15.5 Å². The van der Waals surface area contributed by atoms with E-state index in [-0.39, 0.29) is 11.6 Å². The normalized spacial score (nSPS) is 11.7. The van der Waals surface area contributed by atoms with E-state index < -0.39 is 11.9 Å². The van der Waals surface area contributed by atoms with Crippen LogP contribution in [0.4, 0.5) is 5.82 Å². The monoisotopic (exact) mass is 252 g/mol. The van der Waals surface area contributed by atoms with Crippen molar-refractivity contribution in [3.05, 3.63) is 17.8 Å². The number of carbonyl (C=O) groups is 2. The van der Waals surface area contributed by atoms with Crippen molar-refractivity contribution in [2.75, 3.05) is 18.9 Å². The highest BCUT2D eigenvalue weighted by Gasteiger charge is 2.10. The molecule has 0 saturated heterocycles. The summed E-state index contributed by atoms with van der Waals surface area (Å²) in [5.74, 6) is -1.01. The number of amides is 1. The number of hydrogen-bond donors (Lipinski definition) is 3. The first-order valence-electron chi connectivity index (χ1n) is 5.57. The van der Waals surface area contributed by atoms with Crippen LogP contribution in [0.25, 0.3) is 0 Å². The fourth-order valence-corrected chi connectivity index (χ4v) is 1.22. The summed E-state index contributed by atoms with van der Waals surface area (Å²) in [6.07, 6.45) is 0.494. The second-order valence-corrected chi connectivity index (χ2v) is 3.84. The van der Waals surface area contributed by atoms with Crippen LogP contribution in [-0.2, 0) is 4.79 Å². The third-order valence-electron chi connectivity index (χ3n) is 2.43. The maximum Gasteiger partial charge on any atom is 0.306 e. The van der Waals surface area contributed by atoms with Gasteiger partial charge in [-0.1, -0.05) is 6.92 Å². The Morgan fingerprint density at radius 1 is 1.39 bits per heavy atom. The second kappa shape index (κ2) is 6.53. The number of aliphatic carboxylic acids is 1. The van der Waals surface area contributed by atoms with Gasteiger partial charge in [0.25, 0.3) is 5.91 Å². The minimum atomic E-state index is -0.821. The highest BCUT2D eigenvalue weighted by molar-refractivity contribution is 5.91. The maximum atomic E-state index is 11.2. The van der Waals surface area contributed by atoms with Gasteiger partial charge >= 0.3 is 5.97 Å². The quantitative estimate of drug-likeness (QED) is 0.675. The van der Waals surface area contributed by atoms with Crippen LogP contribution >= 0.6 is 0 Å². The van der Waals surface area contributed by atoms with Crippen molar-refractivity contribution < 1.29 is 14.7 Å². The molecule has 0 bridgehead atoms. The summed E-state index contributed by atoms with van der Waals surface area (Å²) in [6, 6.07) is 3.18. The van der Waals surface area contributed by atoms with Crippen LogP contribution in [0.3, 0.4) is 0 Å². The molecule has 1 aromatic heterocycles. The van der Waals surface area contributed by atoms with Crippen molar-refractivity contribution in [2.24, 2.45) is 5.92 Å². The van der Waals surface area contributed by atoms with E-state index in [1.54, 1.807) is 19.1 Å². The van der Waals surface area contributed by atoms with Gasteiger partial charge in [0.1, 0.15) is 5.82 Å². The number of carboxylic acids is 1. The van der Waals surface area contributed by atoms with E-state index in [2.05, 4.69) is 20.8 Å². The number of anilines is 1. The maximum absolute atomic E-state index is 11.2. The number of aromatic nitrogens is 2. The second-order valence-electron chi connectivity index (χ2n) is 3.84. The Morgan fingerprint density at radius 2 is 2.11 bits per heavy atom. The standard InChI is InChI=1S/C11H16N4O3/c1-7(11(17)18)5-6-13-9-4-3-8(14-15-9)10(16)12-2/h3-4,7H,5-6H2,1-2H3,(H,12,16)(H,13,15)(H,17,18). The van der Waals surface area contributed by atoms with E-state index in [9.17, 15) is 9.59 Å². The van der Waals surface area contributed by atoms with Gasteiger partial charge in [0.2, 0.25) is 0 Å². The van der Waals surface area contributed by atoms with Crippen LogP contribution < -0.4 is 10.6 Å².